The molecular formula is C30H22F7N5O3. The van der Waals surface area contributed by atoms with Gasteiger partial charge in [-0.3, -0.25) is 15.1 Å². The van der Waals surface area contributed by atoms with Crippen molar-refractivity contribution in [1.82, 2.24) is 19.7 Å². The second-order valence-corrected chi connectivity index (χ2v) is 10.8. The average Bonchev–Trinajstić information content (AvgIpc) is 3.42. The number of fused-ring (bicyclic) bond motifs is 2. The number of likely N-dealkylation sites (tertiary alicyclic amines) is 1. The van der Waals surface area contributed by atoms with Crippen LogP contribution in [0.25, 0.3) is 16.9 Å². The van der Waals surface area contributed by atoms with Gasteiger partial charge in [0.15, 0.2) is 5.69 Å². The molecule has 2 aromatic carbocycles. The molecule has 0 saturated carbocycles. The van der Waals surface area contributed by atoms with Crippen LogP contribution in [0.1, 0.15) is 46.9 Å². The molecule has 8 nitrogen and oxygen atoms in total. The van der Waals surface area contributed by atoms with Gasteiger partial charge in [-0.25, -0.2) is 13.9 Å². The van der Waals surface area contributed by atoms with Gasteiger partial charge in [0.25, 0.3) is 5.91 Å². The van der Waals surface area contributed by atoms with Crippen molar-refractivity contribution in [1.29, 1.82) is 0 Å². The lowest BCUT2D eigenvalue weighted by Gasteiger charge is -2.47. The van der Waals surface area contributed by atoms with E-state index >= 15 is 0 Å². The molecule has 2 atom stereocenters. The monoisotopic (exact) mass is 633 g/mol. The van der Waals surface area contributed by atoms with Gasteiger partial charge in [-0.05, 0) is 61.5 Å². The van der Waals surface area contributed by atoms with Crippen molar-refractivity contribution in [3.8, 4) is 16.9 Å². The Hall–Kier alpha value is -4.95. The Morgan fingerprint density at radius 1 is 1.04 bits per heavy atom. The summed E-state index contributed by atoms with van der Waals surface area (Å²) in [5.41, 5.74) is -3.28. The van der Waals surface area contributed by atoms with Gasteiger partial charge in [0.1, 0.15) is 11.4 Å². The molecule has 4 heterocycles. The van der Waals surface area contributed by atoms with Gasteiger partial charge in [0, 0.05) is 48.9 Å². The van der Waals surface area contributed by atoms with Crippen molar-refractivity contribution in [2.24, 2.45) is 0 Å². The Morgan fingerprint density at radius 3 is 2.49 bits per heavy atom. The summed E-state index contributed by atoms with van der Waals surface area (Å²) < 4.78 is 102. The van der Waals surface area contributed by atoms with E-state index in [1.54, 1.807) is 19.1 Å². The highest BCUT2D eigenvalue weighted by atomic mass is 19.4. The van der Waals surface area contributed by atoms with Crippen LogP contribution in [-0.2, 0) is 22.7 Å². The van der Waals surface area contributed by atoms with E-state index in [2.05, 4.69) is 15.4 Å². The minimum absolute atomic E-state index is 0.0338. The number of piperidine rings is 1. The summed E-state index contributed by atoms with van der Waals surface area (Å²) in [5.74, 6) is -2.10. The van der Waals surface area contributed by atoms with E-state index < -0.39 is 52.9 Å². The summed E-state index contributed by atoms with van der Waals surface area (Å²) in [4.78, 5) is 31.6. The molecule has 0 bridgehead atoms. The molecular weight excluding hydrogens is 611 g/mol. The van der Waals surface area contributed by atoms with Crippen molar-refractivity contribution >= 4 is 17.7 Å². The van der Waals surface area contributed by atoms with Gasteiger partial charge >= 0.3 is 18.4 Å². The first-order valence-electron chi connectivity index (χ1n) is 13.6. The highest BCUT2D eigenvalue weighted by molar-refractivity contribution is 5.94. The highest BCUT2D eigenvalue weighted by Crippen LogP contribution is 2.47. The number of nitrogens with one attached hydrogen (secondary N) is 1. The summed E-state index contributed by atoms with van der Waals surface area (Å²) in [6, 6.07) is 9.16. The zero-order valence-electron chi connectivity index (χ0n) is 23.2. The van der Waals surface area contributed by atoms with Crippen molar-refractivity contribution in [3.63, 3.8) is 0 Å². The maximum atomic E-state index is 14.1. The van der Waals surface area contributed by atoms with Crippen molar-refractivity contribution in [2.75, 3.05) is 11.9 Å². The van der Waals surface area contributed by atoms with Crippen molar-refractivity contribution in [2.45, 2.75) is 43.8 Å². The van der Waals surface area contributed by atoms with Crippen LogP contribution >= 0.6 is 0 Å². The fraction of sp³-hybridized carbons (Fsp3) is 0.267. The summed E-state index contributed by atoms with van der Waals surface area (Å²) in [7, 11) is 0. The smallest absolute Gasteiger partial charge is 0.419 e. The molecule has 1 fully saturated rings. The molecule has 1 spiro atoms. The van der Waals surface area contributed by atoms with Crippen molar-refractivity contribution < 1.29 is 45.1 Å². The molecule has 15 heteroatoms. The van der Waals surface area contributed by atoms with Crippen LogP contribution < -0.4 is 5.32 Å². The molecule has 2 aliphatic heterocycles. The number of rotatable bonds is 3. The van der Waals surface area contributed by atoms with E-state index in [9.17, 15) is 40.3 Å². The fourth-order valence-corrected chi connectivity index (χ4v) is 5.84. The quantitative estimate of drug-likeness (QED) is 0.241. The van der Waals surface area contributed by atoms with Gasteiger partial charge in [-0.2, -0.15) is 31.4 Å². The standard InChI is InChI=1S/C30H22F7N5O3/c1-16-14-28(21-11-18(29(32,33)34)4-7-23(21)39-27(44)45-28)8-10-41(16)26(43)24-13-25(17-3-2-9-38-15-17)42(40-24)19-5-6-22(31)20(12-19)30(35,36)37/h2-7,9,11-13,15-16H,8,10,14H2,1H3,(H,39,44). The van der Waals surface area contributed by atoms with Crippen LogP contribution in [0.3, 0.4) is 0 Å². The fourth-order valence-electron chi connectivity index (χ4n) is 5.84. The predicted molar refractivity (Wildman–Crippen MR) is 145 cm³/mol. The number of halogens is 7. The Labute approximate surface area is 250 Å². The van der Waals surface area contributed by atoms with E-state index in [0.717, 1.165) is 28.9 Å². The first-order valence-corrected chi connectivity index (χ1v) is 13.6. The number of hydrogen-bond donors (Lipinski definition) is 1. The predicted octanol–water partition coefficient (Wildman–Crippen LogP) is 7.19. The van der Waals surface area contributed by atoms with Gasteiger partial charge in [0.05, 0.1) is 28.2 Å². The van der Waals surface area contributed by atoms with Crippen LogP contribution in [0.5, 0.6) is 0 Å². The number of carbonyl (C=O) groups is 2. The Morgan fingerprint density at radius 2 is 1.82 bits per heavy atom. The molecule has 0 aliphatic carbocycles. The summed E-state index contributed by atoms with van der Waals surface area (Å²) in [5, 5.41) is 6.72. The number of benzene rings is 2. The molecule has 1 N–H and O–H groups in total. The minimum atomic E-state index is -4.99. The molecule has 4 aromatic rings. The van der Waals surface area contributed by atoms with Crippen LogP contribution in [0.4, 0.5) is 41.2 Å². The number of alkyl halides is 6. The van der Waals surface area contributed by atoms with E-state index in [1.807, 2.05) is 0 Å². The normalized spacial score (nSPS) is 20.0. The molecule has 234 valence electrons. The lowest BCUT2D eigenvalue weighted by Crippen LogP contribution is -2.53. The second kappa shape index (κ2) is 10.6. The number of anilines is 1. The molecule has 0 radical (unpaired) electrons. The van der Waals surface area contributed by atoms with E-state index in [1.165, 1.54) is 23.4 Å². The van der Waals surface area contributed by atoms with Crippen LogP contribution in [0.2, 0.25) is 0 Å². The Kier molecular flexibility index (Phi) is 7.08. The van der Waals surface area contributed by atoms with E-state index in [-0.39, 0.29) is 47.7 Å². The van der Waals surface area contributed by atoms with Crippen LogP contribution in [-0.4, -0.2) is 44.3 Å². The zero-order chi connectivity index (χ0) is 32.3. The maximum absolute atomic E-state index is 14.1. The SMILES string of the molecule is CC1CC2(CCN1C(=O)c1cc(-c3cccnc3)n(-c3ccc(F)c(C(F)(F)F)c3)n1)OC(=O)Nc1ccc(C(F)(F)F)cc12. The van der Waals surface area contributed by atoms with Gasteiger partial charge in [-0.15, -0.1) is 0 Å². The molecule has 2 aromatic heterocycles. The maximum Gasteiger partial charge on any atom is 0.419 e. The third-order valence-electron chi connectivity index (χ3n) is 7.92. The van der Waals surface area contributed by atoms with E-state index in [4.69, 9.17) is 4.74 Å². The average molecular weight is 634 g/mol. The molecule has 2 unspecified atom stereocenters. The third-order valence-corrected chi connectivity index (χ3v) is 7.92. The third kappa shape index (κ3) is 5.46. The number of hydrogen-bond acceptors (Lipinski definition) is 5. The first kappa shape index (κ1) is 30.1. The number of ether oxygens (including phenoxy) is 1. The summed E-state index contributed by atoms with van der Waals surface area (Å²) in [6.45, 7) is 1.59. The first-order chi connectivity index (χ1) is 21.2. The summed E-state index contributed by atoms with van der Waals surface area (Å²) >= 11 is 0. The Balaban J connectivity index is 1.35. The zero-order valence-corrected chi connectivity index (χ0v) is 23.2. The Bertz CT molecular complexity index is 1810. The van der Waals surface area contributed by atoms with Crippen molar-refractivity contribution in [3.05, 3.63) is 95.2 Å². The second-order valence-electron chi connectivity index (χ2n) is 10.8. The summed E-state index contributed by atoms with van der Waals surface area (Å²) in [6.07, 6.45) is -7.65. The number of nitrogens with zero attached hydrogens (tertiary/aromatic N) is 4. The minimum Gasteiger partial charge on any atom is -0.438 e. The number of amides is 2. The number of aromatic nitrogens is 3. The number of pyridine rings is 1. The van der Waals surface area contributed by atoms with Gasteiger partial charge < -0.3 is 9.64 Å². The lowest BCUT2D eigenvalue weighted by atomic mass is 9.78. The molecule has 2 amide bonds. The lowest BCUT2D eigenvalue weighted by molar-refractivity contribution is -0.140. The van der Waals surface area contributed by atoms with Crippen LogP contribution in [0, 0.1) is 5.82 Å². The molecule has 45 heavy (non-hydrogen) atoms. The van der Waals surface area contributed by atoms with Crippen LogP contribution in [0.15, 0.2) is 67.0 Å². The highest BCUT2D eigenvalue weighted by Gasteiger charge is 2.49. The number of carbonyl (C=O) groups excluding carboxylic acids is 2. The van der Waals surface area contributed by atoms with Gasteiger partial charge in [-0.1, -0.05) is 0 Å². The largest absolute Gasteiger partial charge is 0.438 e. The topological polar surface area (TPSA) is 89.3 Å². The van der Waals surface area contributed by atoms with E-state index in [0.29, 0.717) is 17.7 Å². The molecule has 2 aliphatic rings. The molecule has 1 saturated heterocycles. The van der Waals surface area contributed by atoms with Gasteiger partial charge in [0.2, 0.25) is 0 Å². The molecule has 6 rings (SSSR count).